The van der Waals surface area contributed by atoms with Gasteiger partial charge in [0.1, 0.15) is 5.75 Å². The highest BCUT2D eigenvalue weighted by atomic mass is 16.5. The zero-order chi connectivity index (χ0) is 19.6. The van der Waals surface area contributed by atoms with Crippen molar-refractivity contribution in [1.29, 1.82) is 0 Å². The number of rotatable bonds is 5. The molecule has 1 aromatic carbocycles. The lowest BCUT2D eigenvalue weighted by atomic mass is 9.78. The van der Waals surface area contributed by atoms with Crippen molar-refractivity contribution in [1.82, 2.24) is 0 Å². The average molecular weight is 349 g/mol. The Balaban J connectivity index is 3.08. The molecule has 0 aliphatic heterocycles. The molecule has 0 aliphatic carbocycles. The second-order valence-electron chi connectivity index (χ2n) is 8.57. The van der Waals surface area contributed by atoms with Gasteiger partial charge in [0.2, 0.25) is 0 Å². The molecule has 140 valence electrons. The number of nitrogens with two attached hydrogens (primary N) is 1. The quantitative estimate of drug-likeness (QED) is 0.798. The van der Waals surface area contributed by atoms with Crippen LogP contribution < -0.4 is 5.73 Å². The fraction of sp³-hybridized carbons (Fsp3) is 0.600. The van der Waals surface area contributed by atoms with Gasteiger partial charge in [-0.25, -0.2) is 0 Å². The number of benzene rings is 1. The zero-order valence-electron chi connectivity index (χ0n) is 16.4. The number of hydrogen-bond acceptors (Lipinski definition) is 4. The van der Waals surface area contributed by atoms with Crippen molar-refractivity contribution in [3.05, 3.63) is 28.8 Å². The number of aromatic hydroxyl groups is 1. The molecule has 0 radical (unpaired) electrons. The molecular weight excluding hydrogens is 318 g/mol. The molecule has 1 amide bonds. The topological polar surface area (TPSA) is 89.6 Å². The van der Waals surface area contributed by atoms with E-state index in [4.69, 9.17) is 10.5 Å². The van der Waals surface area contributed by atoms with E-state index in [0.717, 1.165) is 16.7 Å². The molecular formula is C20H31NO4. The molecule has 0 bridgehead atoms. The minimum atomic E-state index is -0.928. The number of esters is 1. The zero-order valence-corrected chi connectivity index (χ0v) is 16.4. The van der Waals surface area contributed by atoms with Crippen LogP contribution in [0.25, 0.3) is 0 Å². The van der Waals surface area contributed by atoms with Gasteiger partial charge in [-0.2, -0.15) is 0 Å². The normalized spacial score (nSPS) is 13.4. The van der Waals surface area contributed by atoms with Crippen molar-refractivity contribution in [3.63, 3.8) is 0 Å². The molecule has 0 heterocycles. The molecule has 0 fully saturated rings. The SMILES string of the molecule is C[C@H](OC(=O)CCc1cc(C(C)(C)C)c(O)c(C(C)(C)C)c1)C(N)=O. The first-order valence-electron chi connectivity index (χ1n) is 8.59. The Hall–Kier alpha value is -2.04. The molecule has 3 N–H and O–H groups in total. The molecule has 0 saturated carbocycles. The number of hydrogen-bond donors (Lipinski definition) is 2. The van der Waals surface area contributed by atoms with E-state index in [2.05, 4.69) is 0 Å². The summed E-state index contributed by atoms with van der Waals surface area (Å²) in [6, 6.07) is 3.88. The smallest absolute Gasteiger partial charge is 0.306 e. The summed E-state index contributed by atoms with van der Waals surface area (Å²) in [5, 5.41) is 10.7. The summed E-state index contributed by atoms with van der Waals surface area (Å²) in [6.07, 6.45) is -0.311. The summed E-state index contributed by atoms with van der Waals surface area (Å²) >= 11 is 0. The van der Waals surface area contributed by atoms with Crippen LogP contribution in [-0.2, 0) is 31.6 Å². The van der Waals surface area contributed by atoms with Crippen molar-refractivity contribution >= 4 is 11.9 Å². The molecule has 0 spiro atoms. The average Bonchev–Trinajstić information content (AvgIpc) is 2.43. The van der Waals surface area contributed by atoms with Gasteiger partial charge in [-0.3, -0.25) is 9.59 Å². The van der Waals surface area contributed by atoms with Gasteiger partial charge in [0.05, 0.1) is 0 Å². The van der Waals surface area contributed by atoms with Crippen molar-refractivity contribution < 1.29 is 19.4 Å². The minimum Gasteiger partial charge on any atom is -0.507 e. The first-order valence-corrected chi connectivity index (χ1v) is 8.59. The summed E-state index contributed by atoms with van der Waals surface area (Å²) in [4.78, 5) is 22.9. The maximum atomic E-state index is 11.9. The Morgan fingerprint density at radius 3 is 1.88 bits per heavy atom. The number of carbonyl (C=O) groups excluding carboxylic acids is 2. The maximum absolute atomic E-state index is 11.9. The van der Waals surface area contributed by atoms with Crippen LogP contribution in [0.15, 0.2) is 12.1 Å². The lowest BCUT2D eigenvalue weighted by Crippen LogP contribution is -2.30. The van der Waals surface area contributed by atoms with Gasteiger partial charge in [0, 0.05) is 6.42 Å². The second kappa shape index (κ2) is 7.46. The number of phenolic OH excluding ortho intramolecular Hbond substituents is 1. The van der Waals surface area contributed by atoms with Crippen LogP contribution in [0.2, 0.25) is 0 Å². The summed E-state index contributed by atoms with van der Waals surface area (Å²) in [5.41, 5.74) is 7.32. The molecule has 1 rings (SSSR count). The predicted molar refractivity (Wildman–Crippen MR) is 98.6 cm³/mol. The van der Waals surface area contributed by atoms with Crippen LogP contribution in [0.1, 0.15) is 71.6 Å². The molecule has 5 heteroatoms. The summed E-state index contributed by atoms with van der Waals surface area (Å²) in [6.45, 7) is 13.7. The lowest BCUT2D eigenvalue weighted by Gasteiger charge is -2.28. The van der Waals surface area contributed by atoms with Crippen LogP contribution >= 0.6 is 0 Å². The Morgan fingerprint density at radius 1 is 1.08 bits per heavy atom. The Kier molecular flexibility index (Phi) is 6.27. The van der Waals surface area contributed by atoms with Crippen LogP contribution in [0.5, 0.6) is 5.75 Å². The molecule has 0 aliphatic rings. The summed E-state index contributed by atoms with van der Waals surface area (Å²) in [5.74, 6) is -0.814. The van der Waals surface area contributed by atoms with Gasteiger partial charge in [-0.05, 0) is 40.9 Å². The lowest BCUT2D eigenvalue weighted by molar-refractivity contribution is -0.153. The van der Waals surface area contributed by atoms with E-state index >= 15 is 0 Å². The monoisotopic (exact) mass is 349 g/mol. The number of ether oxygens (including phenoxy) is 1. The van der Waals surface area contributed by atoms with Crippen LogP contribution in [-0.4, -0.2) is 23.1 Å². The fourth-order valence-electron chi connectivity index (χ4n) is 2.54. The maximum Gasteiger partial charge on any atom is 0.306 e. The van der Waals surface area contributed by atoms with Gasteiger partial charge in [0.25, 0.3) is 5.91 Å². The highest BCUT2D eigenvalue weighted by Crippen LogP contribution is 2.39. The Labute approximate surface area is 150 Å². The van der Waals surface area contributed by atoms with Gasteiger partial charge < -0.3 is 15.6 Å². The molecule has 1 aromatic rings. The van der Waals surface area contributed by atoms with Crippen LogP contribution in [0.4, 0.5) is 0 Å². The van der Waals surface area contributed by atoms with E-state index in [1.807, 2.05) is 53.7 Å². The van der Waals surface area contributed by atoms with Gasteiger partial charge in [0.15, 0.2) is 6.10 Å². The van der Waals surface area contributed by atoms with Crippen molar-refractivity contribution in [3.8, 4) is 5.75 Å². The third-order valence-electron chi connectivity index (χ3n) is 4.11. The molecule has 0 unspecified atom stereocenters. The number of aryl methyl sites for hydroxylation is 1. The standard InChI is InChI=1S/C20H31NO4/c1-12(18(21)24)25-16(22)9-8-13-10-14(19(2,3)4)17(23)15(11-13)20(5,6)7/h10-12,23H,8-9H2,1-7H3,(H2,21,24)/t12-/m0/s1. The molecule has 0 aromatic heterocycles. The third kappa shape index (κ3) is 5.76. The van der Waals surface area contributed by atoms with E-state index in [9.17, 15) is 14.7 Å². The van der Waals surface area contributed by atoms with Gasteiger partial charge >= 0.3 is 5.97 Å². The Bertz CT molecular complexity index is 616. The number of primary amides is 1. The van der Waals surface area contributed by atoms with Crippen molar-refractivity contribution in [2.24, 2.45) is 5.73 Å². The van der Waals surface area contributed by atoms with Crippen LogP contribution in [0, 0.1) is 0 Å². The predicted octanol–water partition coefficient (Wildman–Crippen LogP) is 3.34. The highest BCUT2D eigenvalue weighted by molar-refractivity contribution is 5.81. The van der Waals surface area contributed by atoms with E-state index in [0.29, 0.717) is 12.2 Å². The van der Waals surface area contributed by atoms with E-state index in [1.165, 1.54) is 6.92 Å². The molecule has 25 heavy (non-hydrogen) atoms. The van der Waals surface area contributed by atoms with Crippen molar-refractivity contribution in [2.45, 2.75) is 78.2 Å². The molecule has 5 nitrogen and oxygen atoms in total. The number of carbonyl (C=O) groups is 2. The van der Waals surface area contributed by atoms with E-state index < -0.39 is 18.0 Å². The molecule has 1 atom stereocenters. The summed E-state index contributed by atoms with van der Waals surface area (Å²) in [7, 11) is 0. The largest absolute Gasteiger partial charge is 0.507 e. The fourth-order valence-corrected chi connectivity index (χ4v) is 2.54. The van der Waals surface area contributed by atoms with Gasteiger partial charge in [-0.1, -0.05) is 53.7 Å². The van der Waals surface area contributed by atoms with E-state index in [-0.39, 0.29) is 17.3 Å². The first kappa shape index (κ1) is 21.0. The van der Waals surface area contributed by atoms with E-state index in [1.54, 1.807) is 0 Å². The third-order valence-corrected chi connectivity index (χ3v) is 4.11. The van der Waals surface area contributed by atoms with Crippen LogP contribution in [0.3, 0.4) is 0 Å². The Morgan fingerprint density at radius 2 is 1.52 bits per heavy atom. The van der Waals surface area contributed by atoms with Crippen molar-refractivity contribution in [2.75, 3.05) is 0 Å². The first-order chi connectivity index (χ1) is 11.2. The number of phenols is 1. The summed E-state index contributed by atoms with van der Waals surface area (Å²) < 4.78 is 4.99. The highest BCUT2D eigenvalue weighted by Gasteiger charge is 2.26. The van der Waals surface area contributed by atoms with Gasteiger partial charge in [-0.15, -0.1) is 0 Å². The minimum absolute atomic E-state index is 0.148. The number of amides is 1. The second-order valence-corrected chi connectivity index (χ2v) is 8.57. The molecule has 0 saturated heterocycles.